The van der Waals surface area contributed by atoms with Crippen LogP contribution in [0.2, 0.25) is 5.02 Å². The van der Waals surface area contributed by atoms with Crippen molar-refractivity contribution in [1.82, 2.24) is 14.5 Å². The minimum Gasteiger partial charge on any atom is -0.482 e. The summed E-state index contributed by atoms with van der Waals surface area (Å²) in [5.74, 6) is -0.371. The molecule has 0 unspecified atom stereocenters. The summed E-state index contributed by atoms with van der Waals surface area (Å²) < 4.78 is 33.4. The highest BCUT2D eigenvalue weighted by atomic mass is 35.5. The number of rotatable bonds is 6. The number of ether oxygens (including phenoxy) is 1. The predicted octanol–water partition coefficient (Wildman–Crippen LogP) is 1.82. The van der Waals surface area contributed by atoms with Gasteiger partial charge in [-0.2, -0.15) is 4.31 Å². The molecule has 9 nitrogen and oxygen atoms in total. The van der Waals surface area contributed by atoms with Crippen molar-refractivity contribution in [2.75, 3.05) is 44.6 Å². The number of hydrogen-bond acceptors (Lipinski definition) is 6. The molecule has 0 aromatic heterocycles. The third-order valence-electron chi connectivity index (χ3n) is 6.19. The van der Waals surface area contributed by atoms with Crippen LogP contribution in [0.15, 0.2) is 17.0 Å². The van der Waals surface area contributed by atoms with Crippen molar-refractivity contribution in [3.63, 3.8) is 0 Å². The first-order valence-electron chi connectivity index (χ1n) is 11.1. The van der Waals surface area contributed by atoms with Crippen molar-refractivity contribution in [2.45, 2.75) is 49.5 Å². The van der Waals surface area contributed by atoms with Gasteiger partial charge in [0, 0.05) is 25.7 Å². The zero-order valence-electron chi connectivity index (χ0n) is 17.9. The van der Waals surface area contributed by atoms with E-state index in [0.29, 0.717) is 25.1 Å². The van der Waals surface area contributed by atoms with Crippen LogP contribution in [0.5, 0.6) is 5.75 Å². The molecule has 3 aliphatic heterocycles. The number of carbonyl (C=O) groups is 2. The van der Waals surface area contributed by atoms with E-state index < -0.39 is 16.1 Å². The average molecular weight is 485 g/mol. The van der Waals surface area contributed by atoms with Crippen LogP contribution in [-0.4, -0.2) is 74.8 Å². The smallest absolute Gasteiger partial charge is 0.262 e. The predicted molar refractivity (Wildman–Crippen MR) is 120 cm³/mol. The van der Waals surface area contributed by atoms with Gasteiger partial charge in [-0.15, -0.1) is 0 Å². The van der Waals surface area contributed by atoms with Crippen molar-refractivity contribution in [3.05, 3.63) is 17.2 Å². The fourth-order valence-electron chi connectivity index (χ4n) is 4.51. The Bertz CT molecular complexity index is 979. The van der Waals surface area contributed by atoms with E-state index in [9.17, 15) is 18.0 Å². The van der Waals surface area contributed by atoms with Gasteiger partial charge in [-0.25, -0.2) is 8.42 Å². The Morgan fingerprint density at radius 1 is 1.16 bits per heavy atom. The highest BCUT2D eigenvalue weighted by molar-refractivity contribution is 7.89. The Labute approximate surface area is 193 Å². The molecule has 0 spiro atoms. The van der Waals surface area contributed by atoms with Gasteiger partial charge in [0.15, 0.2) is 6.61 Å². The summed E-state index contributed by atoms with van der Waals surface area (Å²) in [5.41, 5.74) is 0.328. The van der Waals surface area contributed by atoms with Crippen LogP contribution in [0.4, 0.5) is 5.69 Å². The van der Waals surface area contributed by atoms with Gasteiger partial charge in [0.2, 0.25) is 15.9 Å². The van der Waals surface area contributed by atoms with E-state index >= 15 is 0 Å². The zero-order valence-corrected chi connectivity index (χ0v) is 19.5. The molecule has 4 rings (SSSR count). The number of hydrogen-bond donors (Lipinski definition) is 2. The second kappa shape index (κ2) is 9.94. The van der Waals surface area contributed by atoms with E-state index in [1.165, 1.54) is 42.1 Å². The van der Waals surface area contributed by atoms with Gasteiger partial charge in [-0.05, 0) is 44.8 Å². The number of nitrogens with one attached hydrogen (secondary N) is 2. The Hall–Kier alpha value is -1.88. The molecule has 32 heavy (non-hydrogen) atoms. The largest absolute Gasteiger partial charge is 0.482 e. The van der Waals surface area contributed by atoms with E-state index in [2.05, 4.69) is 15.5 Å². The molecule has 0 bridgehead atoms. The van der Waals surface area contributed by atoms with Crippen molar-refractivity contribution >= 4 is 39.1 Å². The molecule has 2 amide bonds. The number of likely N-dealkylation sites (tertiary alicyclic amines) is 1. The van der Waals surface area contributed by atoms with E-state index in [-0.39, 0.29) is 40.6 Å². The minimum absolute atomic E-state index is 0.0261. The number of fused-ring (bicyclic) bond motifs is 1. The maximum absolute atomic E-state index is 13.4. The van der Waals surface area contributed by atoms with E-state index in [1.54, 1.807) is 0 Å². The van der Waals surface area contributed by atoms with Gasteiger partial charge in [0.05, 0.1) is 10.7 Å². The van der Waals surface area contributed by atoms with Crippen LogP contribution in [0.1, 0.15) is 38.5 Å². The maximum Gasteiger partial charge on any atom is 0.262 e. The van der Waals surface area contributed by atoms with Crippen LogP contribution in [0.3, 0.4) is 0 Å². The van der Waals surface area contributed by atoms with Crippen LogP contribution in [0.25, 0.3) is 0 Å². The van der Waals surface area contributed by atoms with Gasteiger partial charge in [0.25, 0.3) is 5.91 Å². The van der Waals surface area contributed by atoms with E-state index in [1.807, 2.05) is 0 Å². The summed E-state index contributed by atoms with van der Waals surface area (Å²) in [6, 6.07) is 1.92. The van der Waals surface area contributed by atoms with Crippen molar-refractivity contribution in [3.8, 4) is 5.75 Å². The lowest BCUT2D eigenvalue weighted by Gasteiger charge is -2.26. The molecule has 3 heterocycles. The molecule has 0 radical (unpaired) electrons. The number of amides is 2. The summed E-state index contributed by atoms with van der Waals surface area (Å²) in [7, 11) is -4.02. The van der Waals surface area contributed by atoms with Crippen molar-refractivity contribution in [2.24, 2.45) is 0 Å². The first-order valence-corrected chi connectivity index (χ1v) is 13.0. The molecule has 11 heteroatoms. The maximum atomic E-state index is 13.4. The van der Waals surface area contributed by atoms with Crippen LogP contribution in [-0.2, 0) is 19.6 Å². The summed E-state index contributed by atoms with van der Waals surface area (Å²) in [6.45, 7) is 3.40. The Kier molecular flexibility index (Phi) is 7.24. The molecule has 0 saturated carbocycles. The lowest BCUT2D eigenvalue weighted by Crippen LogP contribution is -2.47. The normalized spacial score (nSPS) is 22.5. The monoisotopic (exact) mass is 484 g/mol. The number of anilines is 1. The molecule has 176 valence electrons. The standard InChI is InChI=1S/C21H29ClN4O5S/c22-15-12-16-18(31-14-20(27)24-16)13-19(15)32(29,30)26-10-5-6-17(26)21(28)23-7-11-25-8-3-1-2-4-9-25/h12-13,17H,1-11,14H2,(H,23,28)(H,24,27)/t17-/m0/s1. The molecule has 3 aliphatic rings. The van der Waals surface area contributed by atoms with Gasteiger partial charge >= 0.3 is 0 Å². The second-order valence-electron chi connectivity index (χ2n) is 8.44. The molecular weight excluding hydrogens is 456 g/mol. The topological polar surface area (TPSA) is 108 Å². The highest BCUT2D eigenvalue weighted by Gasteiger charge is 2.40. The third kappa shape index (κ3) is 5.03. The zero-order chi connectivity index (χ0) is 22.7. The van der Waals surface area contributed by atoms with Gasteiger partial charge in [-0.1, -0.05) is 24.4 Å². The SMILES string of the molecule is O=C1COc2cc(S(=O)(=O)N3CCC[C@H]3C(=O)NCCN3CCCCCC3)c(Cl)cc2N1. The van der Waals surface area contributed by atoms with Gasteiger partial charge in [-0.3, -0.25) is 9.59 Å². The third-order valence-corrected chi connectivity index (χ3v) is 8.56. The number of carbonyl (C=O) groups excluding carboxylic acids is 2. The summed E-state index contributed by atoms with van der Waals surface area (Å²) in [6.07, 6.45) is 5.92. The lowest BCUT2D eigenvalue weighted by atomic mass is 10.2. The van der Waals surface area contributed by atoms with E-state index in [4.69, 9.17) is 16.3 Å². The Morgan fingerprint density at radius 2 is 1.91 bits per heavy atom. The molecule has 1 aromatic carbocycles. The molecule has 2 N–H and O–H groups in total. The first kappa shape index (κ1) is 23.3. The number of benzene rings is 1. The fourth-order valence-corrected chi connectivity index (χ4v) is 6.69. The molecule has 2 fully saturated rings. The quantitative estimate of drug-likeness (QED) is 0.637. The van der Waals surface area contributed by atoms with Crippen LogP contribution >= 0.6 is 11.6 Å². The average Bonchev–Trinajstić information content (AvgIpc) is 3.12. The summed E-state index contributed by atoms with van der Waals surface area (Å²) >= 11 is 6.26. The number of nitrogens with zero attached hydrogens (tertiary/aromatic N) is 2. The lowest BCUT2D eigenvalue weighted by molar-refractivity contribution is -0.124. The first-order chi connectivity index (χ1) is 15.4. The van der Waals surface area contributed by atoms with E-state index in [0.717, 1.165) is 19.6 Å². The van der Waals surface area contributed by atoms with Crippen molar-refractivity contribution < 1.29 is 22.7 Å². The summed E-state index contributed by atoms with van der Waals surface area (Å²) in [4.78, 5) is 26.6. The summed E-state index contributed by atoms with van der Waals surface area (Å²) in [5, 5.41) is 5.50. The number of halogens is 1. The molecule has 2 saturated heterocycles. The highest BCUT2D eigenvalue weighted by Crippen LogP contribution is 2.38. The molecular formula is C21H29ClN4O5S. The Balaban J connectivity index is 1.44. The molecule has 1 atom stereocenters. The minimum atomic E-state index is -4.02. The van der Waals surface area contributed by atoms with Gasteiger partial charge < -0.3 is 20.3 Å². The van der Waals surface area contributed by atoms with Gasteiger partial charge in [0.1, 0.15) is 16.7 Å². The molecule has 0 aliphatic carbocycles. The van der Waals surface area contributed by atoms with Crippen LogP contribution < -0.4 is 15.4 Å². The Morgan fingerprint density at radius 3 is 2.66 bits per heavy atom. The van der Waals surface area contributed by atoms with Crippen LogP contribution in [0, 0.1) is 0 Å². The second-order valence-corrected chi connectivity index (χ2v) is 10.7. The molecule has 1 aromatic rings. The van der Waals surface area contributed by atoms with Crippen molar-refractivity contribution in [1.29, 1.82) is 0 Å². The fraction of sp³-hybridized carbons (Fsp3) is 0.619. The number of sulfonamides is 1.